The molecule has 1 fully saturated rings. The lowest BCUT2D eigenvalue weighted by molar-refractivity contribution is -0.00977. The summed E-state index contributed by atoms with van der Waals surface area (Å²) in [5.74, 6) is 0.651. The largest absolute Gasteiger partial charge is 0.376 e. The Bertz CT molecular complexity index is 306. The highest BCUT2D eigenvalue weighted by atomic mass is 32.1. The van der Waals surface area contributed by atoms with Gasteiger partial charge in [0.25, 0.3) is 0 Å². The van der Waals surface area contributed by atoms with Crippen molar-refractivity contribution in [2.75, 3.05) is 6.61 Å². The van der Waals surface area contributed by atoms with Gasteiger partial charge in [0, 0.05) is 6.61 Å². The van der Waals surface area contributed by atoms with Gasteiger partial charge in [0.2, 0.25) is 0 Å². The molecule has 0 aromatic carbocycles. The average Bonchev–Trinajstić information content (AvgIpc) is 2.90. The van der Waals surface area contributed by atoms with Crippen LogP contribution in [0.25, 0.3) is 0 Å². The van der Waals surface area contributed by atoms with Crippen molar-refractivity contribution in [1.82, 2.24) is 0 Å². The number of hydrogen-bond donors (Lipinski definition) is 1. The van der Waals surface area contributed by atoms with Crippen LogP contribution in [0.1, 0.15) is 50.6 Å². The van der Waals surface area contributed by atoms with Gasteiger partial charge in [0.15, 0.2) is 0 Å². The molecule has 17 heavy (non-hydrogen) atoms. The van der Waals surface area contributed by atoms with E-state index in [0.717, 1.165) is 6.61 Å². The Balaban J connectivity index is 2.04. The molecule has 0 amide bonds. The third-order valence-corrected chi connectivity index (χ3v) is 4.46. The molecule has 0 saturated heterocycles. The SMILES string of the molecule is CCOC(C1CCCCC1)C(N)c1ccsc1. The van der Waals surface area contributed by atoms with Crippen LogP contribution < -0.4 is 5.73 Å². The van der Waals surface area contributed by atoms with Gasteiger partial charge in [-0.25, -0.2) is 0 Å². The molecule has 1 aliphatic rings. The predicted molar refractivity (Wildman–Crippen MR) is 73.2 cm³/mol. The smallest absolute Gasteiger partial charge is 0.0795 e. The van der Waals surface area contributed by atoms with E-state index in [2.05, 4.69) is 23.8 Å². The molecule has 2 unspecified atom stereocenters. The summed E-state index contributed by atoms with van der Waals surface area (Å²) in [6, 6.07) is 2.17. The van der Waals surface area contributed by atoms with Crippen LogP contribution >= 0.6 is 11.3 Å². The van der Waals surface area contributed by atoms with Crippen molar-refractivity contribution in [3.8, 4) is 0 Å². The lowest BCUT2D eigenvalue weighted by atomic mass is 9.81. The third-order valence-electron chi connectivity index (χ3n) is 3.76. The molecule has 1 heterocycles. The number of rotatable bonds is 5. The van der Waals surface area contributed by atoms with Crippen LogP contribution in [-0.4, -0.2) is 12.7 Å². The van der Waals surface area contributed by atoms with Crippen LogP contribution in [0.4, 0.5) is 0 Å². The van der Waals surface area contributed by atoms with Crippen molar-refractivity contribution in [2.24, 2.45) is 11.7 Å². The summed E-state index contributed by atoms with van der Waals surface area (Å²) in [5.41, 5.74) is 7.62. The van der Waals surface area contributed by atoms with Gasteiger partial charge in [-0.15, -0.1) is 0 Å². The third kappa shape index (κ3) is 3.30. The molecule has 3 heteroatoms. The summed E-state index contributed by atoms with van der Waals surface area (Å²) in [4.78, 5) is 0. The maximum atomic E-state index is 6.38. The fraction of sp³-hybridized carbons (Fsp3) is 0.714. The highest BCUT2D eigenvalue weighted by molar-refractivity contribution is 7.07. The fourth-order valence-electron chi connectivity index (χ4n) is 2.84. The zero-order chi connectivity index (χ0) is 12.1. The quantitative estimate of drug-likeness (QED) is 0.867. The van der Waals surface area contributed by atoms with Crippen LogP contribution in [-0.2, 0) is 4.74 Å². The Morgan fingerprint density at radius 3 is 2.76 bits per heavy atom. The van der Waals surface area contributed by atoms with Gasteiger partial charge in [0.1, 0.15) is 0 Å². The van der Waals surface area contributed by atoms with E-state index in [4.69, 9.17) is 10.5 Å². The van der Waals surface area contributed by atoms with Crippen molar-refractivity contribution >= 4 is 11.3 Å². The summed E-state index contributed by atoms with van der Waals surface area (Å²) >= 11 is 1.71. The van der Waals surface area contributed by atoms with Gasteiger partial charge in [-0.2, -0.15) is 11.3 Å². The van der Waals surface area contributed by atoms with E-state index in [-0.39, 0.29) is 12.1 Å². The zero-order valence-corrected chi connectivity index (χ0v) is 11.4. The molecule has 2 rings (SSSR count). The first-order chi connectivity index (χ1) is 8.33. The zero-order valence-electron chi connectivity index (χ0n) is 10.6. The van der Waals surface area contributed by atoms with E-state index in [1.807, 2.05) is 0 Å². The van der Waals surface area contributed by atoms with Crippen LogP contribution in [0, 0.1) is 5.92 Å². The standard InChI is InChI=1S/C14H23NOS/c1-2-16-14(11-6-4-3-5-7-11)13(15)12-8-9-17-10-12/h8-11,13-14H,2-7,15H2,1H3. The molecule has 0 aliphatic heterocycles. The summed E-state index contributed by atoms with van der Waals surface area (Å²) < 4.78 is 5.95. The van der Waals surface area contributed by atoms with Gasteiger partial charge in [0.05, 0.1) is 12.1 Å². The van der Waals surface area contributed by atoms with E-state index < -0.39 is 0 Å². The van der Waals surface area contributed by atoms with Crippen LogP contribution in [0.5, 0.6) is 0 Å². The Labute approximate surface area is 108 Å². The molecule has 1 aromatic heterocycles. The molecule has 1 aliphatic carbocycles. The van der Waals surface area contributed by atoms with Crippen molar-refractivity contribution in [3.63, 3.8) is 0 Å². The minimum Gasteiger partial charge on any atom is -0.376 e. The molecule has 2 N–H and O–H groups in total. The molecule has 96 valence electrons. The minimum atomic E-state index is 0.0456. The molecule has 0 bridgehead atoms. The molecule has 0 radical (unpaired) electrons. The predicted octanol–water partition coefficient (Wildman–Crippen LogP) is 3.73. The van der Waals surface area contributed by atoms with E-state index >= 15 is 0 Å². The van der Waals surface area contributed by atoms with Gasteiger partial charge < -0.3 is 10.5 Å². The summed E-state index contributed by atoms with van der Waals surface area (Å²) in [6.07, 6.45) is 6.82. The summed E-state index contributed by atoms with van der Waals surface area (Å²) in [6.45, 7) is 2.83. The average molecular weight is 253 g/mol. The second-order valence-corrected chi connectivity index (χ2v) is 5.68. The van der Waals surface area contributed by atoms with E-state index in [0.29, 0.717) is 5.92 Å². The Morgan fingerprint density at radius 2 is 2.18 bits per heavy atom. The van der Waals surface area contributed by atoms with E-state index in [1.165, 1.54) is 37.7 Å². The van der Waals surface area contributed by atoms with Gasteiger partial charge in [-0.1, -0.05) is 19.3 Å². The highest BCUT2D eigenvalue weighted by Gasteiger charge is 2.30. The first-order valence-electron chi connectivity index (χ1n) is 6.72. The Hall–Kier alpha value is -0.380. The molecular weight excluding hydrogens is 230 g/mol. The normalized spacial score (nSPS) is 21.3. The van der Waals surface area contributed by atoms with Crippen molar-refractivity contribution in [3.05, 3.63) is 22.4 Å². The summed E-state index contributed by atoms with van der Waals surface area (Å²) in [5, 5.41) is 4.25. The van der Waals surface area contributed by atoms with Gasteiger partial charge in [-0.3, -0.25) is 0 Å². The van der Waals surface area contributed by atoms with Crippen molar-refractivity contribution in [1.29, 1.82) is 0 Å². The highest BCUT2D eigenvalue weighted by Crippen LogP contribution is 2.33. The van der Waals surface area contributed by atoms with E-state index in [9.17, 15) is 0 Å². The van der Waals surface area contributed by atoms with Gasteiger partial charge >= 0.3 is 0 Å². The van der Waals surface area contributed by atoms with E-state index in [1.54, 1.807) is 11.3 Å². The monoisotopic (exact) mass is 253 g/mol. The molecule has 2 atom stereocenters. The number of ether oxygens (including phenoxy) is 1. The molecule has 0 spiro atoms. The maximum Gasteiger partial charge on any atom is 0.0795 e. The second-order valence-electron chi connectivity index (χ2n) is 4.90. The molecule has 1 aromatic rings. The lowest BCUT2D eigenvalue weighted by Crippen LogP contribution is -2.36. The lowest BCUT2D eigenvalue weighted by Gasteiger charge is -2.33. The summed E-state index contributed by atoms with van der Waals surface area (Å²) in [7, 11) is 0. The second kappa shape index (κ2) is 6.53. The maximum absolute atomic E-state index is 6.38. The topological polar surface area (TPSA) is 35.2 Å². The Morgan fingerprint density at radius 1 is 1.41 bits per heavy atom. The number of thiophene rings is 1. The van der Waals surface area contributed by atoms with Crippen LogP contribution in [0.3, 0.4) is 0 Å². The number of hydrogen-bond acceptors (Lipinski definition) is 3. The molecule has 2 nitrogen and oxygen atoms in total. The first kappa shape index (κ1) is 13.1. The molecular formula is C14H23NOS. The van der Waals surface area contributed by atoms with Gasteiger partial charge in [-0.05, 0) is 48.1 Å². The Kier molecular flexibility index (Phi) is 5.01. The van der Waals surface area contributed by atoms with Crippen LogP contribution in [0.15, 0.2) is 16.8 Å². The number of nitrogens with two attached hydrogens (primary N) is 1. The van der Waals surface area contributed by atoms with Crippen molar-refractivity contribution < 1.29 is 4.74 Å². The van der Waals surface area contributed by atoms with Crippen LogP contribution in [0.2, 0.25) is 0 Å². The molecule has 1 saturated carbocycles. The minimum absolute atomic E-state index is 0.0456. The fourth-order valence-corrected chi connectivity index (χ4v) is 3.55. The first-order valence-corrected chi connectivity index (χ1v) is 7.66. The van der Waals surface area contributed by atoms with Crippen molar-refractivity contribution in [2.45, 2.75) is 51.2 Å².